The van der Waals surface area contributed by atoms with Crippen molar-refractivity contribution in [3.8, 4) is 5.75 Å². The Bertz CT molecular complexity index is 981. The van der Waals surface area contributed by atoms with Crippen molar-refractivity contribution in [2.24, 2.45) is 0 Å². The first-order valence-electron chi connectivity index (χ1n) is 9.23. The lowest BCUT2D eigenvalue weighted by Crippen LogP contribution is -2.17. The first-order valence-corrected chi connectivity index (χ1v) is 11.1. The van der Waals surface area contributed by atoms with Gasteiger partial charge in [0.1, 0.15) is 5.75 Å². The van der Waals surface area contributed by atoms with Crippen LogP contribution in [0.3, 0.4) is 0 Å². The molecule has 0 saturated carbocycles. The maximum atomic E-state index is 12.9. The zero-order valence-corrected chi connectivity index (χ0v) is 16.1. The van der Waals surface area contributed by atoms with E-state index in [1.807, 2.05) is 16.8 Å². The Balaban J connectivity index is 1.67. The van der Waals surface area contributed by atoms with Gasteiger partial charge in [0.05, 0.1) is 30.3 Å². The van der Waals surface area contributed by atoms with E-state index in [1.54, 1.807) is 19.2 Å². The molecule has 1 aromatic carbocycles. The standard InChI is InChI=1S/C19H23N3O4S/c1-26-17-9-5-3-7-15(17)20-19(23)18-14-6-2-4-8-16(14)22(21-18)13-10-11-27(24,25)12-13/h3,5,7,9,13H,2,4,6,8,10-12H2,1H3,(H,20,23). The lowest BCUT2D eigenvalue weighted by molar-refractivity contribution is 0.102. The summed E-state index contributed by atoms with van der Waals surface area (Å²) in [5, 5.41) is 7.48. The van der Waals surface area contributed by atoms with Crippen LogP contribution in [0.2, 0.25) is 0 Å². The van der Waals surface area contributed by atoms with Crippen molar-refractivity contribution in [1.82, 2.24) is 9.78 Å². The number of methoxy groups -OCH3 is 1. The van der Waals surface area contributed by atoms with Gasteiger partial charge in [0.15, 0.2) is 15.5 Å². The molecule has 144 valence electrons. The van der Waals surface area contributed by atoms with E-state index in [2.05, 4.69) is 10.4 Å². The molecule has 1 unspecified atom stereocenters. The van der Waals surface area contributed by atoms with Crippen LogP contribution in [0.5, 0.6) is 5.75 Å². The fraction of sp³-hybridized carbons (Fsp3) is 0.474. The normalized spacial score (nSPS) is 20.9. The number of hydrogen-bond donors (Lipinski definition) is 1. The van der Waals surface area contributed by atoms with E-state index >= 15 is 0 Å². The monoisotopic (exact) mass is 389 g/mol. The maximum Gasteiger partial charge on any atom is 0.276 e. The van der Waals surface area contributed by atoms with Crippen molar-refractivity contribution >= 4 is 21.4 Å². The Kier molecular flexibility index (Phi) is 4.67. The minimum atomic E-state index is -3.02. The Morgan fingerprint density at radius 2 is 2.04 bits per heavy atom. The van der Waals surface area contributed by atoms with Gasteiger partial charge in [0, 0.05) is 11.3 Å². The molecule has 2 aliphatic rings. The minimum Gasteiger partial charge on any atom is -0.495 e. The van der Waals surface area contributed by atoms with E-state index in [-0.39, 0.29) is 23.5 Å². The zero-order chi connectivity index (χ0) is 19.0. The molecule has 1 aliphatic carbocycles. The van der Waals surface area contributed by atoms with Gasteiger partial charge in [-0.05, 0) is 44.2 Å². The number of aromatic nitrogens is 2. The van der Waals surface area contributed by atoms with E-state index in [0.717, 1.165) is 36.9 Å². The molecule has 1 aromatic heterocycles. The lowest BCUT2D eigenvalue weighted by Gasteiger charge is -2.17. The summed E-state index contributed by atoms with van der Waals surface area (Å²) < 4.78 is 30.9. The second-order valence-electron chi connectivity index (χ2n) is 7.14. The maximum absolute atomic E-state index is 12.9. The predicted octanol–water partition coefficient (Wildman–Crippen LogP) is 2.38. The number of anilines is 1. The molecule has 0 bridgehead atoms. The number of ether oxygens (including phenoxy) is 1. The van der Waals surface area contributed by atoms with Gasteiger partial charge in [-0.2, -0.15) is 5.10 Å². The molecule has 0 spiro atoms. The Labute approximate surface area is 158 Å². The number of sulfone groups is 1. The summed E-state index contributed by atoms with van der Waals surface area (Å²) in [7, 11) is -1.46. The van der Waals surface area contributed by atoms with Crippen LogP contribution in [0.25, 0.3) is 0 Å². The van der Waals surface area contributed by atoms with Crippen molar-refractivity contribution in [2.75, 3.05) is 23.9 Å². The molecule has 1 saturated heterocycles. The Hall–Kier alpha value is -2.35. The molecule has 27 heavy (non-hydrogen) atoms. The van der Waals surface area contributed by atoms with Gasteiger partial charge in [-0.1, -0.05) is 12.1 Å². The van der Waals surface area contributed by atoms with E-state index in [4.69, 9.17) is 4.74 Å². The quantitative estimate of drug-likeness (QED) is 0.867. The second-order valence-corrected chi connectivity index (χ2v) is 9.37. The van der Waals surface area contributed by atoms with E-state index in [1.165, 1.54) is 0 Å². The number of fused-ring (bicyclic) bond motifs is 1. The minimum absolute atomic E-state index is 0.106. The SMILES string of the molecule is COc1ccccc1NC(=O)c1nn(C2CCS(=O)(=O)C2)c2c1CCCC2. The average molecular weight is 389 g/mol. The molecule has 7 nitrogen and oxygen atoms in total. The van der Waals surface area contributed by atoms with Gasteiger partial charge >= 0.3 is 0 Å². The molecule has 1 N–H and O–H groups in total. The van der Waals surface area contributed by atoms with E-state index in [9.17, 15) is 13.2 Å². The summed E-state index contributed by atoms with van der Waals surface area (Å²) in [6, 6.07) is 7.06. The van der Waals surface area contributed by atoms with Crippen LogP contribution in [0.4, 0.5) is 5.69 Å². The number of para-hydroxylation sites is 2. The fourth-order valence-electron chi connectivity index (χ4n) is 4.01. The topological polar surface area (TPSA) is 90.3 Å². The zero-order valence-electron chi connectivity index (χ0n) is 15.3. The predicted molar refractivity (Wildman–Crippen MR) is 102 cm³/mol. The highest BCUT2D eigenvalue weighted by molar-refractivity contribution is 7.91. The number of nitrogens with zero attached hydrogens (tertiary/aromatic N) is 2. The summed E-state index contributed by atoms with van der Waals surface area (Å²) in [5.41, 5.74) is 2.97. The van der Waals surface area contributed by atoms with Crippen LogP contribution in [-0.2, 0) is 22.7 Å². The van der Waals surface area contributed by atoms with Crippen LogP contribution in [0, 0.1) is 0 Å². The van der Waals surface area contributed by atoms with E-state index in [0.29, 0.717) is 23.6 Å². The lowest BCUT2D eigenvalue weighted by atomic mass is 9.95. The molecule has 2 aromatic rings. The molecule has 8 heteroatoms. The summed E-state index contributed by atoms with van der Waals surface area (Å²) in [4.78, 5) is 12.9. The third kappa shape index (κ3) is 3.45. The Morgan fingerprint density at radius 1 is 1.26 bits per heavy atom. The number of carbonyl (C=O) groups is 1. The van der Waals surface area contributed by atoms with Crippen LogP contribution >= 0.6 is 0 Å². The molecule has 0 radical (unpaired) electrons. The first-order chi connectivity index (χ1) is 13.0. The van der Waals surface area contributed by atoms with Gasteiger partial charge in [-0.3, -0.25) is 9.48 Å². The van der Waals surface area contributed by atoms with Gasteiger partial charge in [0.25, 0.3) is 5.91 Å². The molecular weight excluding hydrogens is 366 g/mol. The average Bonchev–Trinajstić information content (AvgIpc) is 3.22. The third-order valence-corrected chi connectivity index (χ3v) is 7.08. The van der Waals surface area contributed by atoms with Crippen molar-refractivity contribution in [3.63, 3.8) is 0 Å². The largest absolute Gasteiger partial charge is 0.495 e. The van der Waals surface area contributed by atoms with Crippen LogP contribution in [0.1, 0.15) is 47.1 Å². The van der Waals surface area contributed by atoms with E-state index < -0.39 is 9.84 Å². The van der Waals surface area contributed by atoms with Crippen molar-refractivity contribution in [2.45, 2.75) is 38.1 Å². The van der Waals surface area contributed by atoms with Crippen LogP contribution < -0.4 is 10.1 Å². The summed E-state index contributed by atoms with van der Waals surface area (Å²) in [6.45, 7) is 0. The molecule has 1 fully saturated rings. The molecule has 2 heterocycles. The third-order valence-electron chi connectivity index (χ3n) is 5.33. The van der Waals surface area contributed by atoms with Gasteiger partial charge in [-0.15, -0.1) is 0 Å². The van der Waals surface area contributed by atoms with Gasteiger partial charge in [0.2, 0.25) is 0 Å². The van der Waals surface area contributed by atoms with Crippen molar-refractivity contribution in [1.29, 1.82) is 0 Å². The number of hydrogen-bond acceptors (Lipinski definition) is 5. The second kappa shape index (κ2) is 6.99. The Morgan fingerprint density at radius 3 is 2.78 bits per heavy atom. The molecule has 4 rings (SSSR count). The number of rotatable bonds is 4. The first kappa shape index (κ1) is 18.0. The van der Waals surface area contributed by atoms with Crippen LogP contribution in [0.15, 0.2) is 24.3 Å². The number of amides is 1. The molecule has 1 aliphatic heterocycles. The summed E-state index contributed by atoms with van der Waals surface area (Å²) >= 11 is 0. The fourth-order valence-corrected chi connectivity index (χ4v) is 5.70. The highest BCUT2D eigenvalue weighted by atomic mass is 32.2. The molecule has 1 atom stereocenters. The van der Waals surface area contributed by atoms with Crippen molar-refractivity contribution in [3.05, 3.63) is 41.2 Å². The van der Waals surface area contributed by atoms with Gasteiger partial charge in [-0.25, -0.2) is 8.42 Å². The van der Waals surface area contributed by atoms with Gasteiger partial charge < -0.3 is 10.1 Å². The summed E-state index contributed by atoms with van der Waals surface area (Å²) in [6.07, 6.45) is 4.23. The molecular formula is C19H23N3O4S. The summed E-state index contributed by atoms with van der Waals surface area (Å²) in [5.74, 6) is 0.599. The van der Waals surface area contributed by atoms with Crippen molar-refractivity contribution < 1.29 is 17.9 Å². The smallest absolute Gasteiger partial charge is 0.276 e. The number of nitrogens with one attached hydrogen (secondary N) is 1. The number of benzene rings is 1. The highest BCUT2D eigenvalue weighted by Crippen LogP contribution is 2.32. The molecule has 1 amide bonds. The number of carbonyl (C=O) groups excluding carboxylic acids is 1. The van der Waals surface area contributed by atoms with Crippen LogP contribution in [-0.4, -0.2) is 42.7 Å². The highest BCUT2D eigenvalue weighted by Gasteiger charge is 2.34.